The normalized spacial score (nSPS) is 12.2. The van der Waals surface area contributed by atoms with Gasteiger partial charge in [0.05, 0.1) is 5.54 Å². The van der Waals surface area contributed by atoms with Crippen molar-refractivity contribution in [1.82, 2.24) is 19.7 Å². The first-order valence-electron chi connectivity index (χ1n) is 4.41. The standard InChI is InChI=1S/C9H12N4O/c1-9(2,3)13-7-6(8(14)12-13)4-10-5-11-7/h4-5H,1-3H3,(H,12,14). The van der Waals surface area contributed by atoms with Crippen molar-refractivity contribution in [3.8, 4) is 0 Å². The number of rotatable bonds is 0. The molecule has 0 saturated carbocycles. The average molecular weight is 192 g/mol. The van der Waals surface area contributed by atoms with E-state index in [0.29, 0.717) is 11.0 Å². The maximum atomic E-state index is 11.5. The van der Waals surface area contributed by atoms with Crippen molar-refractivity contribution in [2.24, 2.45) is 0 Å². The Balaban J connectivity index is 2.87. The number of aromatic amines is 1. The third kappa shape index (κ3) is 1.21. The zero-order valence-corrected chi connectivity index (χ0v) is 8.40. The maximum absolute atomic E-state index is 11.5. The highest BCUT2D eigenvalue weighted by Gasteiger charge is 2.18. The summed E-state index contributed by atoms with van der Waals surface area (Å²) >= 11 is 0. The summed E-state index contributed by atoms with van der Waals surface area (Å²) in [6.45, 7) is 6.01. The van der Waals surface area contributed by atoms with Crippen LogP contribution in [0, 0.1) is 0 Å². The minimum Gasteiger partial charge on any atom is -0.267 e. The largest absolute Gasteiger partial charge is 0.275 e. The topological polar surface area (TPSA) is 63.6 Å². The molecule has 5 heteroatoms. The van der Waals surface area contributed by atoms with Crippen LogP contribution < -0.4 is 5.56 Å². The third-order valence-electron chi connectivity index (χ3n) is 2.03. The zero-order chi connectivity index (χ0) is 10.3. The first kappa shape index (κ1) is 8.93. The van der Waals surface area contributed by atoms with Gasteiger partial charge in [0.25, 0.3) is 5.56 Å². The fourth-order valence-electron chi connectivity index (χ4n) is 1.36. The minimum atomic E-state index is -0.185. The summed E-state index contributed by atoms with van der Waals surface area (Å²) in [4.78, 5) is 19.4. The zero-order valence-electron chi connectivity index (χ0n) is 8.40. The molecular formula is C9H12N4O. The van der Waals surface area contributed by atoms with E-state index in [2.05, 4.69) is 15.1 Å². The molecule has 0 radical (unpaired) electrons. The Labute approximate surface area is 80.8 Å². The van der Waals surface area contributed by atoms with Crippen LogP contribution >= 0.6 is 0 Å². The van der Waals surface area contributed by atoms with Gasteiger partial charge >= 0.3 is 0 Å². The van der Waals surface area contributed by atoms with E-state index in [1.54, 1.807) is 4.68 Å². The van der Waals surface area contributed by atoms with Crippen LogP contribution in [0.1, 0.15) is 20.8 Å². The molecule has 0 aliphatic rings. The fraction of sp³-hybridized carbons (Fsp3) is 0.444. The summed E-state index contributed by atoms with van der Waals surface area (Å²) in [6, 6.07) is 0. The number of nitrogens with one attached hydrogen (secondary N) is 1. The Bertz CT molecular complexity index is 517. The highest BCUT2D eigenvalue weighted by atomic mass is 16.1. The second-order valence-electron chi connectivity index (χ2n) is 4.21. The Kier molecular flexibility index (Phi) is 1.70. The molecule has 5 nitrogen and oxygen atoms in total. The van der Waals surface area contributed by atoms with Gasteiger partial charge in [0.15, 0.2) is 5.65 Å². The molecule has 0 unspecified atom stereocenters. The van der Waals surface area contributed by atoms with Gasteiger partial charge < -0.3 is 0 Å². The second kappa shape index (κ2) is 2.67. The van der Waals surface area contributed by atoms with Gasteiger partial charge in [0.2, 0.25) is 0 Å². The summed E-state index contributed by atoms with van der Waals surface area (Å²) in [7, 11) is 0. The third-order valence-corrected chi connectivity index (χ3v) is 2.03. The van der Waals surface area contributed by atoms with E-state index in [4.69, 9.17) is 0 Å². The molecule has 0 atom stereocenters. The Morgan fingerprint density at radius 2 is 2.14 bits per heavy atom. The summed E-state index contributed by atoms with van der Waals surface area (Å²) < 4.78 is 1.76. The molecule has 74 valence electrons. The van der Waals surface area contributed by atoms with Gasteiger partial charge in [-0.15, -0.1) is 0 Å². The van der Waals surface area contributed by atoms with Crippen LogP contribution in [0.2, 0.25) is 0 Å². The van der Waals surface area contributed by atoms with E-state index in [1.165, 1.54) is 12.5 Å². The van der Waals surface area contributed by atoms with Gasteiger partial charge in [-0.2, -0.15) is 0 Å². The van der Waals surface area contributed by atoms with E-state index >= 15 is 0 Å². The molecule has 0 fully saturated rings. The molecule has 1 N–H and O–H groups in total. The van der Waals surface area contributed by atoms with Crippen LogP contribution in [0.25, 0.3) is 11.0 Å². The number of H-pyrrole nitrogens is 1. The molecule has 2 rings (SSSR count). The lowest BCUT2D eigenvalue weighted by Gasteiger charge is -2.20. The van der Waals surface area contributed by atoms with E-state index in [1.807, 2.05) is 20.8 Å². The molecule has 14 heavy (non-hydrogen) atoms. The summed E-state index contributed by atoms with van der Waals surface area (Å²) in [5.74, 6) is 0. The van der Waals surface area contributed by atoms with E-state index in [0.717, 1.165) is 0 Å². The fourth-order valence-corrected chi connectivity index (χ4v) is 1.36. The second-order valence-corrected chi connectivity index (χ2v) is 4.21. The molecule has 0 aliphatic heterocycles. The number of hydrogen-bond donors (Lipinski definition) is 1. The highest BCUT2D eigenvalue weighted by Crippen LogP contribution is 2.16. The number of nitrogens with zero attached hydrogens (tertiary/aromatic N) is 3. The number of aromatic nitrogens is 4. The van der Waals surface area contributed by atoms with Crippen molar-refractivity contribution < 1.29 is 0 Å². The van der Waals surface area contributed by atoms with Crippen LogP contribution in [0.3, 0.4) is 0 Å². The Morgan fingerprint density at radius 1 is 1.43 bits per heavy atom. The first-order chi connectivity index (χ1) is 6.50. The minimum absolute atomic E-state index is 0.143. The van der Waals surface area contributed by atoms with Crippen molar-refractivity contribution in [3.05, 3.63) is 22.9 Å². The smallest absolute Gasteiger partial charge is 0.267 e. The molecule has 0 aromatic carbocycles. The van der Waals surface area contributed by atoms with E-state index in [-0.39, 0.29) is 11.1 Å². The quantitative estimate of drug-likeness (QED) is 0.673. The van der Waals surface area contributed by atoms with Crippen LogP contribution in [0.15, 0.2) is 17.3 Å². The molecule has 2 heterocycles. The van der Waals surface area contributed by atoms with Crippen molar-refractivity contribution in [1.29, 1.82) is 0 Å². The van der Waals surface area contributed by atoms with Crippen molar-refractivity contribution >= 4 is 11.0 Å². The molecule has 0 aliphatic carbocycles. The first-order valence-corrected chi connectivity index (χ1v) is 4.41. The number of hydrogen-bond acceptors (Lipinski definition) is 3. The Hall–Kier alpha value is -1.65. The predicted molar refractivity (Wildman–Crippen MR) is 53.1 cm³/mol. The molecular weight excluding hydrogens is 180 g/mol. The van der Waals surface area contributed by atoms with Crippen LogP contribution in [0.5, 0.6) is 0 Å². The maximum Gasteiger partial charge on any atom is 0.275 e. The summed E-state index contributed by atoms with van der Waals surface area (Å²) in [5, 5.41) is 3.28. The van der Waals surface area contributed by atoms with Gasteiger partial charge in [-0.25, -0.2) is 9.97 Å². The van der Waals surface area contributed by atoms with Crippen LogP contribution in [0.4, 0.5) is 0 Å². The van der Waals surface area contributed by atoms with Gasteiger partial charge in [0.1, 0.15) is 11.7 Å². The van der Waals surface area contributed by atoms with Gasteiger partial charge in [-0.3, -0.25) is 14.6 Å². The molecule has 0 bridgehead atoms. The molecule has 0 amide bonds. The van der Waals surface area contributed by atoms with Crippen LogP contribution in [-0.2, 0) is 5.54 Å². The molecule has 0 spiro atoms. The lowest BCUT2D eigenvalue weighted by atomic mass is 10.1. The van der Waals surface area contributed by atoms with Gasteiger partial charge in [-0.05, 0) is 20.8 Å². The molecule has 2 aromatic rings. The average Bonchev–Trinajstić information content (AvgIpc) is 2.44. The Morgan fingerprint density at radius 3 is 2.79 bits per heavy atom. The van der Waals surface area contributed by atoms with Gasteiger partial charge in [0, 0.05) is 6.20 Å². The predicted octanol–water partition coefficient (Wildman–Crippen LogP) is 0.875. The highest BCUT2D eigenvalue weighted by molar-refractivity contribution is 5.72. The molecule has 2 aromatic heterocycles. The lowest BCUT2D eigenvalue weighted by molar-refractivity contribution is 0.364. The summed E-state index contributed by atoms with van der Waals surface area (Å²) in [5.41, 5.74) is 0.322. The monoisotopic (exact) mass is 192 g/mol. The van der Waals surface area contributed by atoms with Crippen LogP contribution in [-0.4, -0.2) is 19.7 Å². The van der Waals surface area contributed by atoms with Crippen molar-refractivity contribution in [2.75, 3.05) is 0 Å². The SMILES string of the molecule is CC(C)(C)n1[nH]c(=O)c2cncnc21. The van der Waals surface area contributed by atoms with E-state index < -0.39 is 0 Å². The van der Waals surface area contributed by atoms with E-state index in [9.17, 15) is 4.79 Å². The summed E-state index contributed by atoms with van der Waals surface area (Å²) in [6.07, 6.45) is 2.97. The molecule has 0 saturated heterocycles. The van der Waals surface area contributed by atoms with Crippen molar-refractivity contribution in [3.63, 3.8) is 0 Å². The number of fused-ring (bicyclic) bond motifs is 1. The van der Waals surface area contributed by atoms with Crippen molar-refractivity contribution in [2.45, 2.75) is 26.3 Å². The lowest BCUT2D eigenvalue weighted by Crippen LogP contribution is -2.24. The van der Waals surface area contributed by atoms with Gasteiger partial charge in [-0.1, -0.05) is 0 Å².